The number of anilines is 3. The SMILES string of the molecule is Cc1c(OC2CCC(CC[C@@H](N3CCN(c4ccc5c(C6CCC(=O)NC6=O)nn(C)c5c4)CC3)C(F)(F)F)CC2)cccc1-c1ccc(N2CCc3cccc(C(=O)Nc4nc5ccccc5s4)c3C2)nc1C(=O)O. The highest BCUT2D eigenvalue weighted by molar-refractivity contribution is 7.22. The van der Waals surface area contributed by atoms with Crippen LogP contribution in [0.25, 0.3) is 32.2 Å². The van der Waals surface area contributed by atoms with Crippen LogP contribution < -0.4 is 25.2 Å². The molecule has 19 heteroatoms. The first kappa shape index (κ1) is 50.8. The lowest BCUT2D eigenvalue weighted by atomic mass is 9.83. The lowest BCUT2D eigenvalue weighted by molar-refractivity contribution is -0.187. The monoisotopic (exact) mass is 1050 g/mol. The molecule has 11 rings (SSSR count). The van der Waals surface area contributed by atoms with Crippen molar-refractivity contribution in [2.45, 2.75) is 95.5 Å². The van der Waals surface area contributed by atoms with Gasteiger partial charge in [-0.1, -0.05) is 47.7 Å². The van der Waals surface area contributed by atoms with Gasteiger partial charge in [0.15, 0.2) is 10.8 Å². The van der Waals surface area contributed by atoms with Crippen molar-refractivity contribution in [3.05, 3.63) is 125 Å². The van der Waals surface area contributed by atoms with Crippen molar-refractivity contribution in [1.82, 2.24) is 30.0 Å². The lowest BCUT2D eigenvalue weighted by Crippen LogP contribution is -2.55. The van der Waals surface area contributed by atoms with Crippen molar-refractivity contribution in [2.24, 2.45) is 13.0 Å². The maximum Gasteiger partial charge on any atom is 0.404 e. The van der Waals surface area contributed by atoms with Gasteiger partial charge in [0.1, 0.15) is 17.6 Å². The summed E-state index contributed by atoms with van der Waals surface area (Å²) in [5.41, 5.74) is 7.34. The third-order valence-corrected chi connectivity index (χ3v) is 16.8. The van der Waals surface area contributed by atoms with Crippen LogP contribution in [-0.4, -0.2) is 104 Å². The molecule has 1 unspecified atom stereocenters. The number of nitrogens with one attached hydrogen (secondary N) is 2. The number of aromatic carboxylic acids is 1. The number of ether oxygens (including phenoxy) is 1. The number of amides is 3. The summed E-state index contributed by atoms with van der Waals surface area (Å²) >= 11 is 1.41. The van der Waals surface area contributed by atoms with E-state index in [2.05, 4.69) is 25.6 Å². The Kier molecular flexibility index (Phi) is 14.0. The second-order valence-electron chi connectivity index (χ2n) is 20.5. The number of carboxylic acid groups (broad SMARTS) is 1. The maximum absolute atomic E-state index is 14.8. The van der Waals surface area contributed by atoms with Gasteiger partial charge in [0.05, 0.1) is 33.4 Å². The van der Waals surface area contributed by atoms with Gasteiger partial charge in [-0.05, 0) is 141 Å². The number of carboxylic acids is 1. The Morgan fingerprint density at radius 3 is 2.42 bits per heavy atom. The van der Waals surface area contributed by atoms with E-state index in [0.717, 1.165) is 56.3 Å². The molecule has 3 aromatic heterocycles. The van der Waals surface area contributed by atoms with E-state index in [4.69, 9.17) is 9.72 Å². The largest absolute Gasteiger partial charge is 0.490 e. The van der Waals surface area contributed by atoms with E-state index in [1.165, 1.54) is 11.3 Å². The summed E-state index contributed by atoms with van der Waals surface area (Å²) in [6, 6.07) is 26.8. The molecule has 1 saturated carbocycles. The summed E-state index contributed by atoms with van der Waals surface area (Å²) in [6.07, 6.45) is 0.139. The highest BCUT2D eigenvalue weighted by Gasteiger charge is 2.44. The van der Waals surface area contributed by atoms with Crippen molar-refractivity contribution >= 4 is 72.8 Å². The molecule has 15 nitrogen and oxygen atoms in total. The molecule has 2 saturated heterocycles. The number of aromatic nitrogens is 4. The number of benzene rings is 4. The first-order valence-electron chi connectivity index (χ1n) is 26.0. The van der Waals surface area contributed by atoms with E-state index in [1.54, 1.807) is 28.8 Å². The highest BCUT2D eigenvalue weighted by Crippen LogP contribution is 2.40. The van der Waals surface area contributed by atoms with Crippen LogP contribution in [-0.2, 0) is 29.6 Å². The minimum atomic E-state index is -4.37. The van der Waals surface area contributed by atoms with Crippen molar-refractivity contribution in [2.75, 3.05) is 47.8 Å². The number of piperazine rings is 1. The fourth-order valence-corrected chi connectivity index (χ4v) is 12.6. The standard InChI is InChI=1S/C57H58F3N9O6S/c1-33-38(39-20-23-49(62-52(39)55(73)74)69-26-25-35-7-5-9-40(43(35)32-69)53(71)64-56-61-44-10-3-4-12-47(44)76-56)8-6-11-46(33)75-37-17-13-34(14-18-37)15-22-48(57(58,59)60)68-29-27-67(28-30-68)36-16-19-41-45(31-36)66(2)65-51(41)42-21-24-50(70)63-54(42)72/h3-12,16,19-20,23,31,34,37,42,48H,13-15,17-18,21-22,24-30,32H2,1-2H3,(H,73,74)(H,61,64,71)(H,63,70,72)/t34?,37?,42?,48-/m1/s1. The van der Waals surface area contributed by atoms with Crippen LogP contribution in [0.3, 0.4) is 0 Å². The molecule has 76 heavy (non-hydrogen) atoms. The van der Waals surface area contributed by atoms with E-state index in [9.17, 15) is 37.5 Å². The molecule has 3 aliphatic heterocycles. The van der Waals surface area contributed by atoms with Gasteiger partial charge < -0.3 is 19.6 Å². The predicted molar refractivity (Wildman–Crippen MR) is 285 cm³/mol. The summed E-state index contributed by atoms with van der Waals surface area (Å²) < 4.78 is 53.5. The lowest BCUT2D eigenvalue weighted by Gasteiger charge is -2.41. The molecule has 394 valence electrons. The number of fused-ring (bicyclic) bond motifs is 3. The van der Waals surface area contributed by atoms with Crippen molar-refractivity contribution in [3.8, 4) is 16.9 Å². The maximum atomic E-state index is 14.8. The number of imide groups is 1. The number of aryl methyl sites for hydroxylation is 1. The van der Waals surface area contributed by atoms with E-state index in [-0.39, 0.29) is 61.4 Å². The topological polar surface area (TPSA) is 175 Å². The number of rotatable bonds is 13. The quantitative estimate of drug-likeness (QED) is 0.0934. The number of thiazole rings is 1. The second kappa shape index (κ2) is 21.0. The normalized spacial score (nSPS) is 19.9. The smallest absolute Gasteiger partial charge is 0.404 e. The van der Waals surface area contributed by atoms with Gasteiger partial charge >= 0.3 is 12.1 Å². The average Bonchev–Trinajstić information content (AvgIpc) is 4.01. The molecule has 0 bridgehead atoms. The second-order valence-corrected chi connectivity index (χ2v) is 21.5. The molecule has 7 aromatic rings. The molecule has 1 aliphatic carbocycles. The van der Waals surface area contributed by atoms with Crippen LogP contribution in [0, 0.1) is 12.8 Å². The Morgan fingerprint density at radius 2 is 1.66 bits per heavy atom. The number of carbonyl (C=O) groups is 4. The van der Waals surface area contributed by atoms with E-state index >= 15 is 0 Å². The van der Waals surface area contributed by atoms with Gasteiger partial charge in [0.25, 0.3) is 5.91 Å². The molecule has 4 aliphatic rings. The Bertz CT molecular complexity index is 3350. The number of alkyl halides is 3. The third-order valence-electron chi connectivity index (χ3n) is 15.9. The van der Waals surface area contributed by atoms with Crippen molar-refractivity contribution in [1.29, 1.82) is 0 Å². The number of nitrogens with zero attached hydrogens (tertiary/aromatic N) is 7. The molecule has 2 atom stereocenters. The first-order chi connectivity index (χ1) is 36.6. The number of carbonyl (C=O) groups excluding carboxylic acids is 3. The zero-order valence-corrected chi connectivity index (χ0v) is 43.1. The van der Waals surface area contributed by atoms with Crippen molar-refractivity contribution in [3.63, 3.8) is 0 Å². The van der Waals surface area contributed by atoms with E-state index in [1.807, 2.05) is 90.7 Å². The van der Waals surface area contributed by atoms with Crippen LogP contribution in [0.4, 0.5) is 29.8 Å². The number of halogens is 3. The molecule has 6 heterocycles. The average molecular weight is 1050 g/mol. The molecular weight excluding hydrogens is 996 g/mol. The predicted octanol–water partition coefficient (Wildman–Crippen LogP) is 10.1. The van der Waals surface area contributed by atoms with Gasteiger partial charge in [-0.15, -0.1) is 0 Å². The van der Waals surface area contributed by atoms with E-state index in [0.29, 0.717) is 97.4 Å². The Labute approximate surface area is 441 Å². The molecular formula is C57H58F3N9O6S. The Hall–Kier alpha value is -7.38. The van der Waals surface area contributed by atoms with Crippen LogP contribution in [0.15, 0.2) is 91.0 Å². The highest BCUT2D eigenvalue weighted by atomic mass is 32.1. The van der Waals surface area contributed by atoms with Gasteiger partial charge in [0.2, 0.25) is 11.8 Å². The van der Waals surface area contributed by atoms with Crippen LogP contribution in [0.2, 0.25) is 0 Å². The van der Waals surface area contributed by atoms with Crippen LogP contribution in [0.1, 0.15) is 101 Å². The molecule has 0 spiro atoms. The minimum Gasteiger partial charge on any atom is -0.490 e. The van der Waals surface area contributed by atoms with Crippen LogP contribution >= 0.6 is 11.3 Å². The van der Waals surface area contributed by atoms with Gasteiger partial charge in [-0.2, -0.15) is 18.3 Å². The van der Waals surface area contributed by atoms with Gasteiger partial charge in [0, 0.05) is 74.9 Å². The summed E-state index contributed by atoms with van der Waals surface area (Å²) in [5.74, 6) is -1.36. The molecule has 3 N–H and O–H groups in total. The van der Waals surface area contributed by atoms with E-state index < -0.39 is 24.1 Å². The first-order valence-corrected chi connectivity index (χ1v) is 26.9. The summed E-state index contributed by atoms with van der Waals surface area (Å²) in [7, 11) is 1.80. The van der Waals surface area contributed by atoms with Gasteiger partial charge in [-0.3, -0.25) is 34.6 Å². The third kappa shape index (κ3) is 10.3. The molecule has 3 amide bonds. The number of piperidine rings is 1. The van der Waals surface area contributed by atoms with Crippen LogP contribution in [0.5, 0.6) is 5.75 Å². The van der Waals surface area contributed by atoms with Crippen molar-refractivity contribution < 1.29 is 42.2 Å². The summed E-state index contributed by atoms with van der Waals surface area (Å²) in [5, 5.41) is 21.9. The molecule has 0 radical (unpaired) electrons. The zero-order chi connectivity index (χ0) is 52.8. The minimum absolute atomic E-state index is 0.0265. The fraction of sp³-hybridized carbons (Fsp3) is 0.386. The summed E-state index contributed by atoms with van der Waals surface area (Å²) in [6.45, 7) is 4.25. The Balaban J connectivity index is 0.693. The number of hydrogen-bond donors (Lipinski definition) is 3. The Morgan fingerprint density at radius 1 is 0.868 bits per heavy atom. The molecule has 4 aromatic carbocycles. The number of hydrogen-bond acceptors (Lipinski definition) is 12. The number of pyridine rings is 1. The number of para-hydroxylation sites is 1. The zero-order valence-electron chi connectivity index (χ0n) is 42.2. The fourth-order valence-electron chi connectivity index (χ4n) is 11.8. The molecule has 3 fully saturated rings. The van der Waals surface area contributed by atoms with Gasteiger partial charge in [-0.25, -0.2) is 14.8 Å². The summed E-state index contributed by atoms with van der Waals surface area (Å²) in [4.78, 5) is 65.9.